The summed E-state index contributed by atoms with van der Waals surface area (Å²) in [7, 11) is 0. The van der Waals surface area contributed by atoms with Crippen molar-refractivity contribution < 1.29 is 4.79 Å². The molecule has 0 aliphatic heterocycles. The van der Waals surface area contributed by atoms with Gasteiger partial charge < -0.3 is 9.88 Å². The van der Waals surface area contributed by atoms with Crippen LogP contribution in [-0.2, 0) is 4.79 Å². The Bertz CT molecular complexity index is 600. The summed E-state index contributed by atoms with van der Waals surface area (Å²) < 4.78 is 1.92. The number of amides is 1. The fourth-order valence-corrected chi connectivity index (χ4v) is 2.60. The van der Waals surface area contributed by atoms with Gasteiger partial charge in [-0.25, -0.2) is 0 Å². The zero-order chi connectivity index (χ0) is 14.5. The van der Waals surface area contributed by atoms with Gasteiger partial charge in [0, 0.05) is 6.04 Å². The second kappa shape index (κ2) is 6.76. The Kier molecular flexibility index (Phi) is 5.03. The lowest BCUT2D eigenvalue weighted by Crippen LogP contribution is -2.15. The van der Waals surface area contributed by atoms with E-state index in [1.807, 2.05) is 30.5 Å². The van der Waals surface area contributed by atoms with Gasteiger partial charge in [-0.3, -0.25) is 4.79 Å². The molecule has 1 aromatic heterocycles. The number of thioether (sulfide) groups is 1. The zero-order valence-corrected chi connectivity index (χ0v) is 12.8. The van der Waals surface area contributed by atoms with Crippen molar-refractivity contribution in [2.75, 3.05) is 11.1 Å². The fraction of sp³-hybridized carbons (Fsp3) is 0.308. The monoisotopic (exact) mass is 310 g/mol. The minimum atomic E-state index is -0.124. The van der Waals surface area contributed by atoms with Crippen LogP contribution < -0.4 is 5.32 Å². The molecule has 5 nitrogen and oxygen atoms in total. The van der Waals surface area contributed by atoms with E-state index in [9.17, 15) is 4.79 Å². The van der Waals surface area contributed by atoms with Crippen molar-refractivity contribution in [3.63, 3.8) is 0 Å². The third-order valence-corrected chi connectivity index (χ3v) is 3.86. The Morgan fingerprint density at radius 3 is 2.90 bits per heavy atom. The summed E-state index contributed by atoms with van der Waals surface area (Å²) >= 11 is 7.34. The summed E-state index contributed by atoms with van der Waals surface area (Å²) in [5.74, 6) is 0.137. The molecule has 0 unspecified atom stereocenters. The lowest BCUT2D eigenvalue weighted by Gasteiger charge is -2.09. The molecule has 106 valence electrons. The molecule has 0 aliphatic carbocycles. The van der Waals surface area contributed by atoms with Gasteiger partial charge in [-0.05, 0) is 26.0 Å². The van der Waals surface area contributed by atoms with Crippen LogP contribution in [0.3, 0.4) is 0 Å². The SMILES string of the molecule is CC(C)n1cnnc1SCC(=O)Nc1ccccc1Cl. The molecule has 2 rings (SSSR count). The fourth-order valence-electron chi connectivity index (χ4n) is 1.57. The molecule has 2 aromatic rings. The number of rotatable bonds is 5. The predicted molar refractivity (Wildman–Crippen MR) is 81.2 cm³/mol. The summed E-state index contributed by atoms with van der Waals surface area (Å²) in [6.45, 7) is 4.08. The smallest absolute Gasteiger partial charge is 0.234 e. The Balaban J connectivity index is 1.93. The van der Waals surface area contributed by atoms with E-state index in [1.54, 1.807) is 18.5 Å². The van der Waals surface area contributed by atoms with Crippen LogP contribution >= 0.6 is 23.4 Å². The van der Waals surface area contributed by atoms with E-state index in [1.165, 1.54) is 11.8 Å². The van der Waals surface area contributed by atoms with Crippen molar-refractivity contribution in [2.24, 2.45) is 0 Å². The molecule has 0 bridgehead atoms. The number of nitrogens with one attached hydrogen (secondary N) is 1. The van der Waals surface area contributed by atoms with Crippen molar-refractivity contribution in [3.05, 3.63) is 35.6 Å². The highest BCUT2D eigenvalue weighted by Gasteiger charge is 2.11. The number of anilines is 1. The number of carbonyl (C=O) groups excluding carboxylic acids is 1. The van der Waals surface area contributed by atoms with Crippen LogP contribution in [0.25, 0.3) is 0 Å². The predicted octanol–water partition coefficient (Wildman–Crippen LogP) is 3.24. The summed E-state index contributed by atoms with van der Waals surface area (Å²) in [5.41, 5.74) is 0.616. The van der Waals surface area contributed by atoms with Crippen molar-refractivity contribution in [1.29, 1.82) is 0 Å². The standard InChI is InChI=1S/C13H15ClN4OS/c1-9(2)18-8-15-17-13(18)20-7-12(19)16-11-6-4-3-5-10(11)14/h3-6,8-9H,7H2,1-2H3,(H,16,19). The molecular formula is C13H15ClN4OS. The number of aromatic nitrogens is 3. The van der Waals surface area contributed by atoms with E-state index >= 15 is 0 Å². The maximum atomic E-state index is 11.9. The molecule has 1 amide bonds. The average Bonchev–Trinajstić information content (AvgIpc) is 2.88. The molecule has 0 fully saturated rings. The first-order chi connectivity index (χ1) is 9.58. The topological polar surface area (TPSA) is 59.8 Å². The number of benzene rings is 1. The van der Waals surface area contributed by atoms with Crippen molar-refractivity contribution in [1.82, 2.24) is 14.8 Å². The molecule has 1 aromatic carbocycles. The lowest BCUT2D eigenvalue weighted by molar-refractivity contribution is -0.113. The van der Waals surface area contributed by atoms with Crippen molar-refractivity contribution >= 4 is 35.0 Å². The van der Waals surface area contributed by atoms with Crippen LogP contribution in [0.5, 0.6) is 0 Å². The van der Waals surface area contributed by atoms with E-state index < -0.39 is 0 Å². The van der Waals surface area contributed by atoms with Crippen LogP contribution in [0.4, 0.5) is 5.69 Å². The van der Waals surface area contributed by atoms with Crippen molar-refractivity contribution in [3.8, 4) is 0 Å². The normalized spacial score (nSPS) is 10.8. The van der Waals surface area contributed by atoms with E-state index in [2.05, 4.69) is 15.5 Å². The van der Waals surface area contributed by atoms with Crippen LogP contribution in [0, 0.1) is 0 Å². The highest BCUT2D eigenvalue weighted by atomic mass is 35.5. The number of hydrogen-bond donors (Lipinski definition) is 1. The van der Waals surface area contributed by atoms with Gasteiger partial charge in [-0.1, -0.05) is 35.5 Å². The van der Waals surface area contributed by atoms with E-state index in [-0.39, 0.29) is 17.7 Å². The maximum Gasteiger partial charge on any atom is 0.234 e. The molecule has 0 aliphatic rings. The van der Waals surface area contributed by atoms with Crippen LogP contribution in [0.1, 0.15) is 19.9 Å². The first-order valence-corrected chi connectivity index (χ1v) is 7.51. The number of carbonyl (C=O) groups is 1. The Hall–Kier alpha value is -1.53. The minimum absolute atomic E-state index is 0.124. The van der Waals surface area contributed by atoms with Gasteiger partial charge in [-0.2, -0.15) is 0 Å². The van der Waals surface area contributed by atoms with Crippen LogP contribution in [0.15, 0.2) is 35.7 Å². The van der Waals surface area contributed by atoms with E-state index in [4.69, 9.17) is 11.6 Å². The lowest BCUT2D eigenvalue weighted by atomic mass is 10.3. The average molecular weight is 311 g/mol. The third-order valence-electron chi connectivity index (χ3n) is 2.58. The highest BCUT2D eigenvalue weighted by molar-refractivity contribution is 7.99. The number of para-hydroxylation sites is 1. The van der Waals surface area contributed by atoms with Crippen molar-refractivity contribution in [2.45, 2.75) is 25.0 Å². The number of nitrogens with zero attached hydrogens (tertiary/aromatic N) is 3. The maximum absolute atomic E-state index is 11.9. The van der Waals surface area contributed by atoms with Gasteiger partial charge in [-0.15, -0.1) is 10.2 Å². The van der Waals surface area contributed by atoms with Gasteiger partial charge in [0.25, 0.3) is 0 Å². The number of halogens is 1. The molecule has 20 heavy (non-hydrogen) atoms. The first kappa shape index (κ1) is 14.9. The second-order valence-corrected chi connectivity index (χ2v) is 5.78. The molecule has 1 heterocycles. The summed E-state index contributed by atoms with van der Waals surface area (Å²) in [5, 5.41) is 11.9. The first-order valence-electron chi connectivity index (χ1n) is 6.14. The Labute approximate surface area is 126 Å². The minimum Gasteiger partial charge on any atom is -0.324 e. The van der Waals surface area contributed by atoms with Gasteiger partial charge >= 0.3 is 0 Å². The molecule has 1 N–H and O–H groups in total. The summed E-state index contributed by atoms with van der Waals surface area (Å²) in [6.07, 6.45) is 1.67. The zero-order valence-electron chi connectivity index (χ0n) is 11.2. The molecule has 0 saturated heterocycles. The van der Waals surface area contributed by atoms with Crippen LogP contribution in [-0.4, -0.2) is 26.4 Å². The van der Waals surface area contributed by atoms with Gasteiger partial charge in [0.1, 0.15) is 6.33 Å². The quantitative estimate of drug-likeness (QED) is 0.861. The number of hydrogen-bond acceptors (Lipinski definition) is 4. The van der Waals surface area contributed by atoms with E-state index in [0.29, 0.717) is 10.7 Å². The Morgan fingerprint density at radius 2 is 2.20 bits per heavy atom. The molecular weight excluding hydrogens is 296 g/mol. The molecule has 0 spiro atoms. The molecule has 7 heteroatoms. The van der Waals surface area contributed by atoms with Gasteiger partial charge in [0.15, 0.2) is 5.16 Å². The second-order valence-electron chi connectivity index (χ2n) is 4.43. The third kappa shape index (κ3) is 3.74. The Morgan fingerprint density at radius 1 is 1.45 bits per heavy atom. The largest absolute Gasteiger partial charge is 0.324 e. The van der Waals surface area contributed by atoms with Gasteiger partial charge in [0.05, 0.1) is 16.5 Å². The summed E-state index contributed by atoms with van der Waals surface area (Å²) in [4.78, 5) is 11.9. The molecule has 0 saturated carbocycles. The molecule has 0 atom stereocenters. The van der Waals surface area contributed by atoms with Crippen LogP contribution in [0.2, 0.25) is 5.02 Å². The van der Waals surface area contributed by atoms with E-state index in [0.717, 1.165) is 5.16 Å². The highest BCUT2D eigenvalue weighted by Crippen LogP contribution is 2.22. The molecule has 0 radical (unpaired) electrons. The summed E-state index contributed by atoms with van der Waals surface area (Å²) in [6, 6.07) is 7.41. The van der Waals surface area contributed by atoms with Gasteiger partial charge in [0.2, 0.25) is 5.91 Å².